The van der Waals surface area contributed by atoms with Gasteiger partial charge in [0.2, 0.25) is 5.78 Å². The van der Waals surface area contributed by atoms with Gasteiger partial charge in [0.1, 0.15) is 18.1 Å². The average molecular weight is 520 g/mol. The number of Topliss-reactive ketones (excluding diaryl/α,β-unsaturated/α-hetero) is 1. The molecule has 1 aliphatic carbocycles. The first-order valence-electron chi connectivity index (χ1n) is 13.7. The van der Waals surface area contributed by atoms with Crippen molar-refractivity contribution in [3.8, 4) is 0 Å². The first kappa shape index (κ1) is 24.6. The van der Waals surface area contributed by atoms with E-state index in [1.54, 1.807) is 6.92 Å². The Bertz CT molecular complexity index is 1270. The van der Waals surface area contributed by atoms with E-state index >= 15 is 0 Å². The number of nitrogens with zero attached hydrogens (tertiary/aromatic N) is 2. The Balaban J connectivity index is 1.24. The van der Waals surface area contributed by atoms with Crippen molar-refractivity contribution in [2.24, 2.45) is 0 Å². The molecule has 0 bridgehead atoms. The van der Waals surface area contributed by atoms with Crippen molar-refractivity contribution >= 4 is 25.9 Å². The smallest absolute Gasteiger partial charge is 0.342 e. The number of carbonyl (C=O) groups is 2. The molecule has 5 aliphatic rings. The number of carbonyl (C=O) groups excluding carboxylic acids is 2. The van der Waals surface area contributed by atoms with E-state index in [1.807, 2.05) is 0 Å². The van der Waals surface area contributed by atoms with Crippen LogP contribution in [0.4, 0.5) is 0 Å². The van der Waals surface area contributed by atoms with Gasteiger partial charge in [-0.05, 0) is 73.3 Å². The van der Waals surface area contributed by atoms with Gasteiger partial charge in [-0.3, -0.25) is 4.79 Å². The van der Waals surface area contributed by atoms with Crippen LogP contribution in [-0.2, 0) is 27.3 Å². The molecule has 1 atom stereocenters. The largest absolute Gasteiger partial charge is 0.458 e. The summed E-state index contributed by atoms with van der Waals surface area (Å²) in [5.41, 5.74) is 4.45. The van der Waals surface area contributed by atoms with Crippen LogP contribution in [0, 0.1) is 0 Å². The van der Waals surface area contributed by atoms with E-state index in [0.717, 1.165) is 17.9 Å². The molecular weight excluding hydrogens is 482 g/mol. The monoisotopic (exact) mass is 519 g/mol. The molecule has 1 aromatic carbocycles. The summed E-state index contributed by atoms with van der Waals surface area (Å²) in [4.78, 5) is 30.8. The van der Waals surface area contributed by atoms with Crippen LogP contribution < -0.4 is 5.32 Å². The van der Waals surface area contributed by atoms with Crippen molar-refractivity contribution in [1.29, 1.82) is 0 Å². The van der Waals surface area contributed by atoms with Gasteiger partial charge < -0.3 is 25.0 Å². The molecule has 0 amide bonds. The molecule has 0 radical (unpaired) electrons. The van der Waals surface area contributed by atoms with E-state index in [4.69, 9.17) is 4.74 Å². The van der Waals surface area contributed by atoms with Crippen molar-refractivity contribution < 1.29 is 19.4 Å². The third-order valence-electron chi connectivity index (χ3n) is 8.87. The van der Waals surface area contributed by atoms with Crippen LogP contribution >= 0.6 is 0 Å². The second kappa shape index (κ2) is 8.96. The van der Waals surface area contributed by atoms with Crippen LogP contribution in [0.1, 0.15) is 49.3 Å². The second-order valence-electron chi connectivity index (χ2n) is 12.0. The Morgan fingerprint density at radius 3 is 2.73 bits per heavy atom. The fourth-order valence-corrected chi connectivity index (χ4v) is 9.33. The number of esters is 1. The van der Waals surface area contributed by atoms with E-state index in [-0.39, 0.29) is 18.8 Å². The molecule has 0 spiro atoms. The lowest BCUT2D eigenvalue weighted by atomic mass is 9.78. The standard InChI is InChI=1S/C29H37N3O4Si/c1-4-29(35)23-15-24-26(27(33)22(23)17-36-28(29)34)32-16-21-19(8-7-9-20(21)14-25(32)30-24)10-13-37(2,3)18-31-11-5-6-12-31/h7-9,14,30,35H,4-6,10-13,15-18H2,1-3H3/t29-/m0/s1. The fraction of sp³-hybridized carbons (Fsp3) is 0.517. The minimum atomic E-state index is -1.73. The Morgan fingerprint density at radius 2 is 1.97 bits per heavy atom. The molecule has 37 heavy (non-hydrogen) atoms. The van der Waals surface area contributed by atoms with Crippen molar-refractivity contribution in [2.75, 3.05) is 25.9 Å². The summed E-state index contributed by atoms with van der Waals surface area (Å²) in [5.74, 6) is 0.0827. The van der Waals surface area contributed by atoms with Gasteiger partial charge in [-0.2, -0.15) is 0 Å². The summed E-state index contributed by atoms with van der Waals surface area (Å²) in [6.07, 6.45) is 7.68. The average Bonchev–Trinajstić information content (AvgIpc) is 3.51. The van der Waals surface area contributed by atoms with Gasteiger partial charge in [0.25, 0.3) is 0 Å². The van der Waals surface area contributed by atoms with Gasteiger partial charge in [-0.1, -0.05) is 44.3 Å². The number of likely N-dealkylation sites (tertiary alicyclic amines) is 1. The third kappa shape index (κ3) is 4.10. The molecule has 1 saturated heterocycles. The SMILES string of the molecule is CC[C@@]1(O)C(=O)OCC2=C1CC1=C(C2=O)N2Cc3c(cccc3CC[Si](C)(C)CN3CCCC3)C=C2N1. The Hall–Kier alpha value is -2.68. The lowest BCUT2D eigenvalue weighted by Gasteiger charge is -2.36. The number of ketones is 1. The van der Waals surface area contributed by atoms with Crippen molar-refractivity contribution in [1.82, 2.24) is 15.1 Å². The summed E-state index contributed by atoms with van der Waals surface area (Å²) in [7, 11) is -1.35. The van der Waals surface area contributed by atoms with Gasteiger partial charge in [0.05, 0.1) is 14.6 Å². The van der Waals surface area contributed by atoms with Gasteiger partial charge in [-0.15, -0.1) is 0 Å². The normalized spacial score (nSPS) is 25.4. The number of rotatable bonds is 6. The van der Waals surface area contributed by atoms with Crippen LogP contribution in [0.3, 0.4) is 0 Å². The van der Waals surface area contributed by atoms with Gasteiger partial charge >= 0.3 is 5.97 Å². The Kier molecular flexibility index (Phi) is 5.97. The molecule has 196 valence electrons. The molecule has 1 aromatic rings. The summed E-state index contributed by atoms with van der Waals surface area (Å²) in [6, 6.07) is 7.80. The minimum absolute atomic E-state index is 0.0719. The highest BCUT2D eigenvalue weighted by Gasteiger charge is 2.51. The quantitative estimate of drug-likeness (QED) is 0.440. The van der Waals surface area contributed by atoms with E-state index in [2.05, 4.69) is 52.5 Å². The lowest BCUT2D eigenvalue weighted by Crippen LogP contribution is -2.48. The first-order chi connectivity index (χ1) is 17.7. The number of hydrogen-bond acceptors (Lipinski definition) is 7. The number of allylic oxidation sites excluding steroid dienone is 2. The van der Waals surface area contributed by atoms with E-state index < -0.39 is 19.6 Å². The predicted octanol–water partition coefficient (Wildman–Crippen LogP) is 3.47. The number of aryl methyl sites for hydroxylation is 1. The molecule has 8 heteroatoms. The number of hydrogen-bond donors (Lipinski definition) is 2. The Morgan fingerprint density at radius 1 is 1.19 bits per heavy atom. The maximum absolute atomic E-state index is 13.7. The predicted molar refractivity (Wildman–Crippen MR) is 145 cm³/mol. The summed E-state index contributed by atoms with van der Waals surface area (Å²) >= 11 is 0. The number of benzene rings is 1. The topological polar surface area (TPSA) is 82.1 Å². The molecule has 4 aliphatic heterocycles. The highest BCUT2D eigenvalue weighted by Crippen LogP contribution is 2.44. The first-order valence-corrected chi connectivity index (χ1v) is 17.1. The van der Waals surface area contributed by atoms with Crippen LogP contribution in [-0.4, -0.2) is 66.2 Å². The minimum Gasteiger partial charge on any atom is -0.458 e. The summed E-state index contributed by atoms with van der Waals surface area (Å²) in [5, 5.41) is 14.5. The third-order valence-corrected chi connectivity index (χ3v) is 11.8. The molecule has 1 fully saturated rings. The van der Waals surface area contributed by atoms with Crippen LogP contribution in [0.5, 0.6) is 0 Å². The molecule has 2 N–H and O–H groups in total. The molecular formula is C29H37N3O4Si. The maximum atomic E-state index is 13.7. The molecule has 4 heterocycles. The molecule has 7 nitrogen and oxygen atoms in total. The van der Waals surface area contributed by atoms with Crippen molar-refractivity contribution in [3.63, 3.8) is 0 Å². The number of ether oxygens (including phenoxy) is 1. The van der Waals surface area contributed by atoms with Crippen LogP contribution in [0.25, 0.3) is 6.08 Å². The van der Waals surface area contributed by atoms with E-state index in [1.165, 1.54) is 54.8 Å². The van der Waals surface area contributed by atoms with Gasteiger partial charge in [0.15, 0.2) is 5.60 Å². The number of nitrogens with one attached hydrogen (secondary N) is 1. The van der Waals surface area contributed by atoms with Gasteiger partial charge in [-0.25, -0.2) is 4.79 Å². The molecule has 0 aromatic heterocycles. The van der Waals surface area contributed by atoms with Crippen LogP contribution in [0.15, 0.2) is 46.6 Å². The van der Waals surface area contributed by atoms with E-state index in [9.17, 15) is 14.7 Å². The lowest BCUT2D eigenvalue weighted by molar-refractivity contribution is -0.163. The van der Waals surface area contributed by atoms with E-state index in [0.29, 0.717) is 29.8 Å². The zero-order valence-corrected chi connectivity index (χ0v) is 23.2. The number of aliphatic hydroxyl groups is 1. The highest BCUT2D eigenvalue weighted by atomic mass is 28.3. The number of cyclic esters (lactones) is 1. The zero-order chi connectivity index (χ0) is 25.9. The van der Waals surface area contributed by atoms with Crippen LogP contribution in [0.2, 0.25) is 19.1 Å². The van der Waals surface area contributed by atoms with Crippen molar-refractivity contribution in [2.45, 2.75) is 70.3 Å². The number of fused-ring (bicyclic) bond motifs is 3. The summed E-state index contributed by atoms with van der Waals surface area (Å²) < 4.78 is 5.25. The van der Waals surface area contributed by atoms with Gasteiger partial charge in [0, 0.05) is 17.7 Å². The molecule has 0 unspecified atom stereocenters. The zero-order valence-electron chi connectivity index (χ0n) is 22.2. The molecule has 0 saturated carbocycles. The fourth-order valence-electron chi connectivity index (χ4n) is 6.70. The summed E-state index contributed by atoms with van der Waals surface area (Å²) in [6.45, 7) is 9.85. The highest BCUT2D eigenvalue weighted by molar-refractivity contribution is 6.77. The Labute approximate surface area is 219 Å². The molecule has 6 rings (SSSR count). The maximum Gasteiger partial charge on any atom is 0.342 e. The van der Waals surface area contributed by atoms with Crippen molar-refractivity contribution in [3.05, 3.63) is 63.3 Å². The second-order valence-corrected chi connectivity index (χ2v) is 17.1.